The first kappa shape index (κ1) is 16.8. The quantitative estimate of drug-likeness (QED) is 0.723. The van der Waals surface area contributed by atoms with Gasteiger partial charge in [0.05, 0.1) is 6.10 Å². The van der Waals surface area contributed by atoms with E-state index in [0.29, 0.717) is 36.5 Å². The molecule has 3 nitrogen and oxygen atoms in total. The molecule has 0 heterocycles. The SMILES string of the molecule is C=C[C@H]1CC[C@H]2[C@@H]3CC(=O)C4(O)CC(O)CC[C@]4(C)[C@H]3CC[C@]12C. The van der Waals surface area contributed by atoms with E-state index in [1.807, 2.05) is 0 Å². The average molecular weight is 332 g/mol. The molecule has 4 aliphatic rings. The van der Waals surface area contributed by atoms with E-state index in [-0.39, 0.29) is 23.0 Å². The van der Waals surface area contributed by atoms with Gasteiger partial charge in [0.2, 0.25) is 0 Å². The minimum absolute atomic E-state index is 0.00342. The molecule has 0 radical (unpaired) electrons. The Morgan fingerprint density at radius 1 is 1.12 bits per heavy atom. The van der Waals surface area contributed by atoms with E-state index < -0.39 is 11.7 Å². The van der Waals surface area contributed by atoms with E-state index in [1.54, 1.807) is 0 Å². The maximum Gasteiger partial charge on any atom is 0.165 e. The Morgan fingerprint density at radius 2 is 1.88 bits per heavy atom. The molecule has 2 N–H and O–H groups in total. The number of aliphatic hydroxyl groups excluding tert-OH is 1. The molecule has 0 amide bonds. The second-order valence-electron chi connectivity index (χ2n) is 9.64. The first-order chi connectivity index (χ1) is 11.3. The molecule has 0 bridgehead atoms. The molecular weight excluding hydrogens is 300 g/mol. The number of fused-ring (bicyclic) bond motifs is 5. The van der Waals surface area contributed by atoms with Gasteiger partial charge in [-0.3, -0.25) is 4.79 Å². The fourth-order valence-corrected chi connectivity index (χ4v) is 7.45. The molecule has 134 valence electrons. The lowest BCUT2D eigenvalue weighted by Crippen LogP contribution is -2.67. The third kappa shape index (κ3) is 1.89. The van der Waals surface area contributed by atoms with Gasteiger partial charge in [0.1, 0.15) is 5.60 Å². The first-order valence-electron chi connectivity index (χ1n) is 9.82. The third-order valence-electron chi connectivity index (χ3n) is 8.97. The highest BCUT2D eigenvalue weighted by Gasteiger charge is 2.67. The fraction of sp³-hybridized carbons (Fsp3) is 0.857. The van der Waals surface area contributed by atoms with Gasteiger partial charge in [0, 0.05) is 18.3 Å². The predicted molar refractivity (Wildman–Crippen MR) is 93.3 cm³/mol. The monoisotopic (exact) mass is 332 g/mol. The van der Waals surface area contributed by atoms with Gasteiger partial charge in [0.15, 0.2) is 5.78 Å². The van der Waals surface area contributed by atoms with Crippen LogP contribution in [0, 0.1) is 34.5 Å². The Morgan fingerprint density at radius 3 is 2.58 bits per heavy atom. The highest BCUT2D eigenvalue weighted by Crippen LogP contribution is 2.67. The number of aliphatic hydroxyl groups is 2. The zero-order valence-corrected chi connectivity index (χ0v) is 15.1. The number of ketones is 1. The van der Waals surface area contributed by atoms with Crippen LogP contribution < -0.4 is 0 Å². The Kier molecular flexibility index (Phi) is 3.61. The third-order valence-corrected chi connectivity index (χ3v) is 8.97. The molecule has 0 spiro atoms. The van der Waals surface area contributed by atoms with E-state index >= 15 is 0 Å². The van der Waals surface area contributed by atoms with E-state index in [1.165, 1.54) is 19.3 Å². The van der Waals surface area contributed by atoms with Crippen LogP contribution in [-0.4, -0.2) is 27.7 Å². The Labute approximate surface area is 145 Å². The second-order valence-corrected chi connectivity index (χ2v) is 9.64. The van der Waals surface area contributed by atoms with Crippen LogP contribution in [-0.2, 0) is 4.79 Å². The Hall–Kier alpha value is -0.670. The number of hydrogen-bond acceptors (Lipinski definition) is 3. The molecule has 24 heavy (non-hydrogen) atoms. The molecule has 0 aromatic carbocycles. The maximum absolute atomic E-state index is 13.0. The summed E-state index contributed by atoms with van der Waals surface area (Å²) in [4.78, 5) is 13.0. The summed E-state index contributed by atoms with van der Waals surface area (Å²) in [5.41, 5.74) is -1.39. The molecule has 0 aromatic rings. The van der Waals surface area contributed by atoms with Gasteiger partial charge in [-0.05, 0) is 67.6 Å². The van der Waals surface area contributed by atoms with Crippen molar-refractivity contribution in [1.29, 1.82) is 0 Å². The minimum Gasteiger partial charge on any atom is -0.393 e. The van der Waals surface area contributed by atoms with Crippen molar-refractivity contribution in [3.05, 3.63) is 12.7 Å². The lowest BCUT2D eigenvalue weighted by Gasteiger charge is -2.62. The van der Waals surface area contributed by atoms with Gasteiger partial charge in [-0.1, -0.05) is 19.9 Å². The van der Waals surface area contributed by atoms with Crippen LogP contribution in [0.5, 0.6) is 0 Å². The van der Waals surface area contributed by atoms with Crippen molar-refractivity contribution in [2.75, 3.05) is 0 Å². The molecule has 0 aliphatic heterocycles. The molecular formula is C21H32O3. The number of Topliss-reactive ketones (excluding diaryl/α,β-unsaturated/α-hetero) is 1. The van der Waals surface area contributed by atoms with Crippen LogP contribution in [0.3, 0.4) is 0 Å². The standard InChI is InChI=1S/C21H32O3/c1-4-13-5-6-16-15-11-18(23)21(24)12-14(22)7-10-20(21,3)17(15)8-9-19(13,16)2/h4,13-17,22,24H,1,5-12H2,2-3H3/t13-,14?,15-,16-,17-,19+,20+,21?/m0/s1. The van der Waals surface area contributed by atoms with E-state index in [0.717, 1.165) is 12.8 Å². The second kappa shape index (κ2) is 5.17. The van der Waals surface area contributed by atoms with Crippen LogP contribution in [0.1, 0.15) is 65.2 Å². The number of carbonyl (C=O) groups excluding carboxylic acids is 1. The zero-order chi connectivity index (χ0) is 17.3. The Balaban J connectivity index is 1.72. The number of carbonyl (C=O) groups is 1. The van der Waals surface area contributed by atoms with Crippen molar-refractivity contribution in [2.24, 2.45) is 34.5 Å². The number of rotatable bonds is 1. The molecule has 2 unspecified atom stereocenters. The van der Waals surface area contributed by atoms with Crippen molar-refractivity contribution in [3.63, 3.8) is 0 Å². The molecule has 0 saturated heterocycles. The van der Waals surface area contributed by atoms with Crippen molar-refractivity contribution in [3.8, 4) is 0 Å². The normalized spacial score (nSPS) is 57.0. The van der Waals surface area contributed by atoms with E-state index in [9.17, 15) is 15.0 Å². The smallest absolute Gasteiger partial charge is 0.165 e. The topological polar surface area (TPSA) is 57.5 Å². The maximum atomic E-state index is 13.0. The average Bonchev–Trinajstić information content (AvgIpc) is 2.87. The largest absolute Gasteiger partial charge is 0.393 e. The van der Waals surface area contributed by atoms with Gasteiger partial charge in [-0.2, -0.15) is 0 Å². The highest BCUT2D eigenvalue weighted by atomic mass is 16.3. The van der Waals surface area contributed by atoms with Crippen molar-refractivity contribution in [1.82, 2.24) is 0 Å². The van der Waals surface area contributed by atoms with Gasteiger partial charge in [0.25, 0.3) is 0 Å². The number of allylic oxidation sites excluding steroid dienone is 1. The molecule has 3 heteroatoms. The number of hydrogen-bond donors (Lipinski definition) is 2. The highest BCUT2D eigenvalue weighted by molar-refractivity contribution is 5.89. The fourth-order valence-electron chi connectivity index (χ4n) is 7.45. The summed E-state index contributed by atoms with van der Waals surface area (Å²) in [6.45, 7) is 8.61. The van der Waals surface area contributed by atoms with Gasteiger partial charge in [-0.15, -0.1) is 6.58 Å². The van der Waals surface area contributed by atoms with Crippen LogP contribution in [0.25, 0.3) is 0 Å². The van der Waals surface area contributed by atoms with Crippen LogP contribution in [0.2, 0.25) is 0 Å². The molecule has 8 atom stereocenters. The first-order valence-corrected chi connectivity index (χ1v) is 9.82. The molecule has 4 fully saturated rings. The summed E-state index contributed by atoms with van der Waals surface area (Å²) in [7, 11) is 0. The van der Waals surface area contributed by atoms with Crippen molar-refractivity contribution >= 4 is 5.78 Å². The van der Waals surface area contributed by atoms with E-state index in [2.05, 4.69) is 26.5 Å². The molecule has 4 rings (SSSR count). The summed E-state index contributed by atoms with van der Waals surface area (Å²) >= 11 is 0. The zero-order valence-electron chi connectivity index (χ0n) is 15.1. The van der Waals surface area contributed by atoms with Gasteiger partial charge < -0.3 is 10.2 Å². The predicted octanol–water partition coefficient (Wildman–Crippen LogP) is 3.49. The van der Waals surface area contributed by atoms with Crippen molar-refractivity contribution in [2.45, 2.75) is 76.9 Å². The van der Waals surface area contributed by atoms with Crippen molar-refractivity contribution < 1.29 is 15.0 Å². The lowest BCUT2D eigenvalue weighted by atomic mass is 9.43. The summed E-state index contributed by atoms with van der Waals surface area (Å²) in [5.74, 6) is 1.96. The molecule has 4 saturated carbocycles. The summed E-state index contributed by atoms with van der Waals surface area (Å²) < 4.78 is 0. The summed E-state index contributed by atoms with van der Waals surface area (Å²) in [5, 5.41) is 21.4. The van der Waals surface area contributed by atoms with Crippen LogP contribution in [0.15, 0.2) is 12.7 Å². The van der Waals surface area contributed by atoms with Gasteiger partial charge in [-0.25, -0.2) is 0 Å². The van der Waals surface area contributed by atoms with Gasteiger partial charge >= 0.3 is 0 Å². The molecule has 0 aromatic heterocycles. The van der Waals surface area contributed by atoms with E-state index in [4.69, 9.17) is 0 Å². The lowest BCUT2D eigenvalue weighted by molar-refractivity contribution is -0.212. The van der Waals surface area contributed by atoms with Crippen LogP contribution in [0.4, 0.5) is 0 Å². The summed E-state index contributed by atoms with van der Waals surface area (Å²) in [6.07, 6.45) is 8.51. The minimum atomic E-state index is -1.31. The summed E-state index contributed by atoms with van der Waals surface area (Å²) in [6, 6.07) is 0. The molecule has 4 aliphatic carbocycles. The van der Waals surface area contributed by atoms with Crippen LogP contribution >= 0.6 is 0 Å². The Bertz CT molecular complexity index is 571.